The number of hydrogen-bond acceptors (Lipinski definition) is 3. The van der Waals surface area contributed by atoms with E-state index < -0.39 is 41.0 Å². The number of hydrogen-bond donors (Lipinski definition) is 1. The molecule has 6 nitrogen and oxygen atoms in total. The zero-order valence-corrected chi connectivity index (χ0v) is 15.4. The van der Waals surface area contributed by atoms with Gasteiger partial charge in [-0.3, -0.25) is 23.5 Å². The van der Waals surface area contributed by atoms with E-state index >= 15 is 0 Å². The fourth-order valence-electron chi connectivity index (χ4n) is 2.65. The zero-order chi connectivity index (χ0) is 21.2. The zero-order valence-electron chi connectivity index (χ0n) is 14.6. The normalized spacial score (nSPS) is 11.3. The fourth-order valence-corrected chi connectivity index (χ4v) is 2.83. The minimum absolute atomic E-state index is 0.357. The number of nitrogens with zero attached hydrogens (tertiary/aromatic N) is 2. The number of aromatic nitrogens is 2. The summed E-state index contributed by atoms with van der Waals surface area (Å²) in [5.74, 6) is -0.885. The first-order valence-electron chi connectivity index (χ1n) is 8.21. The van der Waals surface area contributed by atoms with Gasteiger partial charge in [-0.1, -0.05) is 29.8 Å². The first-order chi connectivity index (χ1) is 13.7. The van der Waals surface area contributed by atoms with Crippen molar-refractivity contribution in [2.75, 3.05) is 5.32 Å². The van der Waals surface area contributed by atoms with Crippen molar-refractivity contribution in [1.82, 2.24) is 9.13 Å². The van der Waals surface area contributed by atoms with Crippen LogP contribution in [-0.2, 0) is 17.5 Å². The molecule has 3 aromatic rings. The van der Waals surface area contributed by atoms with Gasteiger partial charge in [-0.15, -0.1) is 0 Å². The second kappa shape index (κ2) is 7.96. The number of amides is 1. The highest BCUT2D eigenvalue weighted by Gasteiger charge is 2.33. The Hall–Kier alpha value is -3.33. The standard InChI is InChI=1S/C19H13ClF3N3O3/c20-12-4-3-5-13(10-12)26-9-8-25(17(28)18(26)29)11-16(27)24-15-7-2-1-6-14(15)19(21,22)23/h1-10H,11H2,(H,24,27). The van der Waals surface area contributed by atoms with Crippen LogP contribution in [0.1, 0.15) is 5.56 Å². The van der Waals surface area contributed by atoms with Gasteiger partial charge in [0, 0.05) is 17.4 Å². The number of carbonyl (C=O) groups excluding carboxylic acids is 1. The summed E-state index contributed by atoms with van der Waals surface area (Å²) in [7, 11) is 0. The van der Waals surface area contributed by atoms with Crippen LogP contribution in [0.5, 0.6) is 0 Å². The average molecular weight is 424 g/mol. The Bertz CT molecular complexity index is 1190. The topological polar surface area (TPSA) is 73.1 Å². The number of halogens is 4. The highest BCUT2D eigenvalue weighted by atomic mass is 35.5. The van der Waals surface area contributed by atoms with Crippen molar-refractivity contribution in [2.24, 2.45) is 0 Å². The number of anilines is 1. The minimum atomic E-state index is -4.65. The highest BCUT2D eigenvalue weighted by molar-refractivity contribution is 6.30. The Kier molecular flexibility index (Phi) is 5.60. The summed E-state index contributed by atoms with van der Waals surface area (Å²) < 4.78 is 40.9. The summed E-state index contributed by atoms with van der Waals surface area (Å²) in [6, 6.07) is 10.7. The van der Waals surface area contributed by atoms with Gasteiger partial charge in [0.1, 0.15) is 6.54 Å². The molecule has 29 heavy (non-hydrogen) atoms. The average Bonchev–Trinajstić information content (AvgIpc) is 2.65. The summed E-state index contributed by atoms with van der Waals surface area (Å²) in [5, 5.41) is 2.48. The number of benzene rings is 2. The molecule has 150 valence electrons. The molecule has 1 aromatic heterocycles. The molecule has 0 saturated carbocycles. The third-order valence-electron chi connectivity index (χ3n) is 3.97. The molecule has 0 aliphatic carbocycles. The molecule has 3 rings (SSSR count). The van der Waals surface area contributed by atoms with Crippen LogP contribution in [0.4, 0.5) is 18.9 Å². The monoisotopic (exact) mass is 423 g/mol. The van der Waals surface area contributed by atoms with Crippen LogP contribution in [0.15, 0.2) is 70.5 Å². The van der Waals surface area contributed by atoms with Gasteiger partial charge in [-0.25, -0.2) is 0 Å². The molecule has 10 heteroatoms. The van der Waals surface area contributed by atoms with E-state index in [-0.39, 0.29) is 0 Å². The smallest absolute Gasteiger partial charge is 0.324 e. The molecule has 0 fully saturated rings. The van der Waals surface area contributed by atoms with Crippen molar-refractivity contribution in [3.05, 3.63) is 92.2 Å². The summed E-state index contributed by atoms with van der Waals surface area (Å²) in [5.41, 5.74) is -3.04. The van der Waals surface area contributed by atoms with Crippen LogP contribution >= 0.6 is 11.6 Å². The number of para-hydroxylation sites is 1. The maximum Gasteiger partial charge on any atom is 0.418 e. The minimum Gasteiger partial charge on any atom is -0.324 e. The molecule has 0 radical (unpaired) electrons. The molecule has 2 aromatic carbocycles. The Morgan fingerprint density at radius 1 is 1.00 bits per heavy atom. The molecule has 0 atom stereocenters. The maximum absolute atomic E-state index is 13.0. The predicted molar refractivity (Wildman–Crippen MR) is 101 cm³/mol. The molecule has 1 N–H and O–H groups in total. The van der Waals surface area contributed by atoms with Gasteiger partial charge in [-0.05, 0) is 30.3 Å². The number of alkyl halides is 3. The third-order valence-corrected chi connectivity index (χ3v) is 4.20. The summed E-state index contributed by atoms with van der Waals surface area (Å²) in [6.07, 6.45) is -2.19. The van der Waals surface area contributed by atoms with Gasteiger partial charge in [0.15, 0.2) is 0 Å². The first kappa shape index (κ1) is 20.4. The molecule has 0 saturated heterocycles. The molecule has 0 aliphatic rings. The number of carbonyl (C=O) groups is 1. The van der Waals surface area contributed by atoms with E-state index in [1.54, 1.807) is 18.2 Å². The van der Waals surface area contributed by atoms with Gasteiger partial charge in [0.2, 0.25) is 5.91 Å². The third kappa shape index (κ3) is 4.57. The SMILES string of the molecule is O=C(Cn1ccn(-c2cccc(Cl)c2)c(=O)c1=O)Nc1ccccc1C(F)(F)F. The van der Waals surface area contributed by atoms with Gasteiger partial charge in [0.05, 0.1) is 16.9 Å². The number of nitrogens with one attached hydrogen (secondary N) is 1. The largest absolute Gasteiger partial charge is 0.418 e. The Labute approximate surface area is 166 Å². The second-order valence-electron chi connectivity index (χ2n) is 5.98. The quantitative estimate of drug-likeness (QED) is 0.654. The summed E-state index contributed by atoms with van der Waals surface area (Å²) in [4.78, 5) is 36.8. The van der Waals surface area contributed by atoms with Crippen LogP contribution in [0.2, 0.25) is 5.02 Å². The van der Waals surface area contributed by atoms with E-state index in [2.05, 4.69) is 5.32 Å². The van der Waals surface area contributed by atoms with Crippen molar-refractivity contribution in [2.45, 2.75) is 12.7 Å². The van der Waals surface area contributed by atoms with Crippen LogP contribution < -0.4 is 16.4 Å². The van der Waals surface area contributed by atoms with E-state index in [0.717, 1.165) is 21.3 Å². The summed E-state index contributed by atoms with van der Waals surface area (Å²) >= 11 is 5.88. The van der Waals surface area contributed by atoms with E-state index in [1.807, 2.05) is 0 Å². The Balaban J connectivity index is 1.85. The van der Waals surface area contributed by atoms with Crippen LogP contribution in [-0.4, -0.2) is 15.0 Å². The number of rotatable bonds is 4. The molecular weight excluding hydrogens is 411 g/mol. The van der Waals surface area contributed by atoms with E-state index in [1.165, 1.54) is 30.6 Å². The van der Waals surface area contributed by atoms with Gasteiger partial charge >= 0.3 is 17.3 Å². The molecular formula is C19H13ClF3N3O3. The van der Waals surface area contributed by atoms with Gasteiger partial charge < -0.3 is 5.32 Å². The molecule has 0 bridgehead atoms. The van der Waals surface area contributed by atoms with Gasteiger partial charge in [0.25, 0.3) is 0 Å². The van der Waals surface area contributed by atoms with Crippen molar-refractivity contribution < 1.29 is 18.0 Å². The highest BCUT2D eigenvalue weighted by Crippen LogP contribution is 2.34. The Morgan fingerprint density at radius 3 is 2.41 bits per heavy atom. The molecule has 0 spiro atoms. The second-order valence-corrected chi connectivity index (χ2v) is 6.41. The predicted octanol–water partition coefficient (Wildman–Crippen LogP) is 3.31. The van der Waals surface area contributed by atoms with E-state index in [9.17, 15) is 27.6 Å². The molecule has 0 aliphatic heterocycles. The lowest BCUT2D eigenvalue weighted by Crippen LogP contribution is -2.41. The summed E-state index contributed by atoms with van der Waals surface area (Å²) in [6.45, 7) is -0.628. The van der Waals surface area contributed by atoms with Crippen LogP contribution in [0.3, 0.4) is 0 Å². The van der Waals surface area contributed by atoms with Crippen molar-refractivity contribution >= 4 is 23.2 Å². The molecule has 1 amide bonds. The lowest BCUT2D eigenvalue weighted by Gasteiger charge is -2.14. The van der Waals surface area contributed by atoms with E-state index in [0.29, 0.717) is 10.7 Å². The van der Waals surface area contributed by atoms with Crippen molar-refractivity contribution in [3.63, 3.8) is 0 Å². The van der Waals surface area contributed by atoms with Crippen LogP contribution in [0.25, 0.3) is 5.69 Å². The van der Waals surface area contributed by atoms with Gasteiger partial charge in [-0.2, -0.15) is 13.2 Å². The van der Waals surface area contributed by atoms with E-state index in [4.69, 9.17) is 11.6 Å². The Morgan fingerprint density at radius 2 is 1.72 bits per heavy atom. The maximum atomic E-state index is 13.0. The van der Waals surface area contributed by atoms with Crippen molar-refractivity contribution in [1.29, 1.82) is 0 Å². The molecule has 1 heterocycles. The molecule has 0 unspecified atom stereocenters. The fraction of sp³-hybridized carbons (Fsp3) is 0.105. The lowest BCUT2D eigenvalue weighted by atomic mass is 10.1. The van der Waals surface area contributed by atoms with Crippen molar-refractivity contribution in [3.8, 4) is 5.69 Å². The van der Waals surface area contributed by atoms with Crippen LogP contribution in [0, 0.1) is 0 Å². The lowest BCUT2D eigenvalue weighted by molar-refractivity contribution is -0.137. The first-order valence-corrected chi connectivity index (χ1v) is 8.59.